The van der Waals surface area contributed by atoms with Gasteiger partial charge in [0.15, 0.2) is 0 Å². The molecule has 5 nitrogen and oxygen atoms in total. The van der Waals surface area contributed by atoms with Gasteiger partial charge < -0.3 is 21.3 Å². The Labute approximate surface area is 123 Å². The number of carbonyl (C=O) groups excluding carboxylic acids is 1. The summed E-state index contributed by atoms with van der Waals surface area (Å²) in [6.07, 6.45) is -2.61. The summed E-state index contributed by atoms with van der Waals surface area (Å²) in [6, 6.07) is 16.7. The van der Waals surface area contributed by atoms with Gasteiger partial charge in [0.05, 0.1) is 12.5 Å². The van der Waals surface area contributed by atoms with Crippen molar-refractivity contribution in [3.05, 3.63) is 60.2 Å². The van der Waals surface area contributed by atoms with Gasteiger partial charge in [0.25, 0.3) is 0 Å². The fourth-order valence-electron chi connectivity index (χ4n) is 1.99. The minimum absolute atomic E-state index is 0.273. The van der Waals surface area contributed by atoms with Crippen molar-refractivity contribution in [3.63, 3.8) is 0 Å². The first kappa shape index (κ1) is 15.0. The van der Waals surface area contributed by atoms with Gasteiger partial charge in [-0.1, -0.05) is 30.3 Å². The van der Waals surface area contributed by atoms with Gasteiger partial charge >= 0.3 is 0 Å². The van der Waals surface area contributed by atoms with Crippen LogP contribution in [0.3, 0.4) is 0 Å². The van der Waals surface area contributed by atoms with Crippen molar-refractivity contribution in [3.8, 4) is 0 Å². The Morgan fingerprint density at radius 2 is 1.57 bits per heavy atom. The molecule has 0 spiro atoms. The van der Waals surface area contributed by atoms with E-state index in [1.165, 1.54) is 0 Å². The molecule has 110 valence electrons. The molecule has 0 saturated carbocycles. The number of hydrogen-bond acceptors (Lipinski definition) is 4. The van der Waals surface area contributed by atoms with E-state index >= 15 is 0 Å². The van der Waals surface area contributed by atoms with E-state index in [0.717, 1.165) is 11.4 Å². The second kappa shape index (κ2) is 6.88. The number of hydrogen-bond donors (Lipinski definition) is 4. The van der Waals surface area contributed by atoms with Crippen LogP contribution in [0.15, 0.2) is 54.6 Å². The van der Waals surface area contributed by atoms with E-state index in [0.29, 0.717) is 5.56 Å². The molecule has 0 aliphatic carbocycles. The van der Waals surface area contributed by atoms with Gasteiger partial charge in [0.1, 0.15) is 6.10 Å². The Kier molecular flexibility index (Phi) is 4.92. The van der Waals surface area contributed by atoms with Crippen LogP contribution in [0, 0.1) is 0 Å². The van der Waals surface area contributed by atoms with E-state index in [1.807, 2.05) is 30.3 Å². The first-order chi connectivity index (χ1) is 10.1. The van der Waals surface area contributed by atoms with Crippen LogP contribution in [0.1, 0.15) is 18.1 Å². The topological polar surface area (TPSA) is 95.6 Å². The molecule has 2 atom stereocenters. The number of rotatable bonds is 6. The van der Waals surface area contributed by atoms with E-state index in [2.05, 4.69) is 5.32 Å². The molecule has 0 aliphatic rings. The first-order valence-electron chi connectivity index (χ1n) is 6.63. The van der Waals surface area contributed by atoms with Crippen molar-refractivity contribution in [2.75, 3.05) is 5.32 Å². The van der Waals surface area contributed by atoms with E-state index in [-0.39, 0.29) is 6.42 Å². The minimum atomic E-state index is -1.20. The number of carbonyl (C=O) groups is 1. The summed E-state index contributed by atoms with van der Waals surface area (Å²) in [4.78, 5) is 10.7. The molecule has 21 heavy (non-hydrogen) atoms. The molecule has 0 saturated heterocycles. The van der Waals surface area contributed by atoms with Crippen LogP contribution in [-0.2, 0) is 4.79 Å². The quantitative estimate of drug-likeness (QED) is 0.650. The highest BCUT2D eigenvalue weighted by Gasteiger charge is 2.20. The molecular formula is C16H18N2O3. The van der Waals surface area contributed by atoms with Gasteiger partial charge in [-0.3, -0.25) is 4.79 Å². The van der Waals surface area contributed by atoms with E-state index in [4.69, 9.17) is 5.73 Å². The lowest BCUT2D eigenvalue weighted by atomic mass is 10.0. The number of aliphatic hydroxyl groups is 2. The summed E-state index contributed by atoms with van der Waals surface area (Å²) >= 11 is 0. The third-order valence-corrected chi connectivity index (χ3v) is 3.09. The van der Waals surface area contributed by atoms with Crippen molar-refractivity contribution in [2.24, 2.45) is 5.73 Å². The van der Waals surface area contributed by atoms with E-state index < -0.39 is 18.1 Å². The molecule has 5 N–H and O–H groups in total. The molecular weight excluding hydrogens is 268 g/mol. The maximum atomic E-state index is 10.7. The Balaban J connectivity index is 2.03. The average Bonchev–Trinajstić information content (AvgIpc) is 2.47. The molecule has 5 heteroatoms. The smallest absolute Gasteiger partial charge is 0.220 e. The largest absolute Gasteiger partial charge is 0.390 e. The Hall–Kier alpha value is -2.37. The van der Waals surface area contributed by atoms with Crippen molar-refractivity contribution >= 4 is 17.3 Å². The van der Waals surface area contributed by atoms with Crippen LogP contribution < -0.4 is 11.1 Å². The van der Waals surface area contributed by atoms with Crippen LogP contribution in [0.4, 0.5) is 11.4 Å². The summed E-state index contributed by atoms with van der Waals surface area (Å²) in [7, 11) is 0. The number of para-hydroxylation sites is 1. The lowest BCUT2D eigenvalue weighted by molar-refractivity contribution is -0.121. The minimum Gasteiger partial charge on any atom is -0.390 e. The Morgan fingerprint density at radius 3 is 2.14 bits per heavy atom. The van der Waals surface area contributed by atoms with Crippen molar-refractivity contribution in [1.82, 2.24) is 0 Å². The lowest BCUT2D eigenvalue weighted by Crippen LogP contribution is -2.25. The molecule has 0 heterocycles. The van der Waals surface area contributed by atoms with Crippen molar-refractivity contribution in [1.29, 1.82) is 0 Å². The second-order valence-electron chi connectivity index (χ2n) is 4.80. The van der Waals surface area contributed by atoms with Gasteiger partial charge in [0.2, 0.25) is 5.91 Å². The molecule has 2 rings (SSSR count). The predicted octanol–water partition coefficient (Wildman–Crippen LogP) is 1.70. The number of amides is 1. The number of nitrogens with two attached hydrogens (primary N) is 1. The highest BCUT2D eigenvalue weighted by atomic mass is 16.3. The van der Waals surface area contributed by atoms with Gasteiger partial charge in [-0.2, -0.15) is 0 Å². The van der Waals surface area contributed by atoms with Crippen molar-refractivity contribution < 1.29 is 15.0 Å². The molecule has 2 aromatic rings. The maximum Gasteiger partial charge on any atom is 0.220 e. The molecule has 2 unspecified atom stereocenters. The standard InChI is InChI=1S/C16H18N2O3/c17-15(20)10-14(19)16(21)11-6-8-13(9-7-11)18-12-4-2-1-3-5-12/h1-9,14,16,18-19,21H,10H2,(H2,17,20). The van der Waals surface area contributed by atoms with Crippen LogP contribution >= 0.6 is 0 Å². The number of aliphatic hydroxyl groups excluding tert-OH is 2. The molecule has 0 aliphatic heterocycles. The fraction of sp³-hybridized carbons (Fsp3) is 0.188. The molecule has 0 aromatic heterocycles. The fourth-order valence-corrected chi connectivity index (χ4v) is 1.99. The summed E-state index contributed by atoms with van der Waals surface area (Å²) in [5, 5.41) is 22.8. The van der Waals surface area contributed by atoms with Gasteiger partial charge in [-0.05, 0) is 29.8 Å². The summed E-state index contributed by atoms with van der Waals surface area (Å²) < 4.78 is 0. The Bertz CT molecular complexity index is 584. The maximum absolute atomic E-state index is 10.7. The second-order valence-corrected chi connectivity index (χ2v) is 4.80. The predicted molar refractivity (Wildman–Crippen MR) is 80.9 cm³/mol. The van der Waals surface area contributed by atoms with Crippen LogP contribution in [0.25, 0.3) is 0 Å². The molecule has 1 amide bonds. The molecule has 0 fully saturated rings. The third kappa shape index (κ3) is 4.30. The molecule has 0 radical (unpaired) electrons. The Morgan fingerprint density at radius 1 is 1.00 bits per heavy atom. The van der Waals surface area contributed by atoms with Gasteiger partial charge in [-0.25, -0.2) is 0 Å². The lowest BCUT2D eigenvalue weighted by Gasteiger charge is -2.17. The highest BCUT2D eigenvalue weighted by Crippen LogP contribution is 2.22. The van der Waals surface area contributed by atoms with Crippen LogP contribution in [0.2, 0.25) is 0 Å². The zero-order valence-corrected chi connectivity index (χ0v) is 11.4. The highest BCUT2D eigenvalue weighted by molar-refractivity contribution is 5.74. The average molecular weight is 286 g/mol. The molecule has 2 aromatic carbocycles. The van der Waals surface area contributed by atoms with Crippen LogP contribution in [-0.4, -0.2) is 22.2 Å². The summed E-state index contributed by atoms with van der Waals surface area (Å²) in [5.41, 5.74) is 7.35. The zero-order valence-electron chi connectivity index (χ0n) is 11.4. The van der Waals surface area contributed by atoms with E-state index in [1.54, 1.807) is 24.3 Å². The monoisotopic (exact) mass is 286 g/mol. The molecule has 0 bridgehead atoms. The van der Waals surface area contributed by atoms with Gasteiger partial charge in [-0.15, -0.1) is 0 Å². The van der Waals surface area contributed by atoms with Crippen LogP contribution in [0.5, 0.6) is 0 Å². The summed E-state index contributed by atoms with van der Waals surface area (Å²) in [6.45, 7) is 0. The number of primary amides is 1. The van der Waals surface area contributed by atoms with Crippen molar-refractivity contribution in [2.45, 2.75) is 18.6 Å². The van der Waals surface area contributed by atoms with E-state index in [9.17, 15) is 15.0 Å². The normalized spacial score (nSPS) is 13.4. The van der Waals surface area contributed by atoms with Gasteiger partial charge in [0, 0.05) is 11.4 Å². The third-order valence-electron chi connectivity index (χ3n) is 3.09. The SMILES string of the molecule is NC(=O)CC(O)C(O)c1ccc(Nc2ccccc2)cc1. The number of anilines is 2. The number of benzene rings is 2. The zero-order chi connectivity index (χ0) is 15.2. The first-order valence-corrected chi connectivity index (χ1v) is 6.63. The summed E-state index contributed by atoms with van der Waals surface area (Å²) in [5.74, 6) is -0.649. The number of nitrogens with one attached hydrogen (secondary N) is 1.